The predicted molar refractivity (Wildman–Crippen MR) is 76.4 cm³/mol. The molecule has 104 valence electrons. The second-order valence-electron chi connectivity index (χ2n) is 6.98. The van der Waals surface area contributed by atoms with Gasteiger partial charge in [0, 0.05) is 12.3 Å². The third-order valence-electron chi connectivity index (χ3n) is 5.65. The number of Topliss-reactive ketones (excluding diaryl/α,β-unsaturated/α-hetero) is 1. The van der Waals surface area contributed by atoms with E-state index in [2.05, 4.69) is 20.8 Å². The molecule has 5 unspecified atom stereocenters. The first-order chi connectivity index (χ1) is 8.63. The lowest BCUT2D eigenvalue weighted by Crippen LogP contribution is -2.23. The number of ketones is 1. The smallest absolute Gasteiger partial charge is 0.136 e. The zero-order valence-corrected chi connectivity index (χ0v) is 12.5. The first kappa shape index (κ1) is 14.1. The molecule has 0 amide bonds. The Morgan fingerprint density at radius 2 is 1.94 bits per heavy atom. The molecule has 2 fully saturated rings. The van der Waals surface area contributed by atoms with Crippen LogP contribution >= 0.6 is 0 Å². The van der Waals surface area contributed by atoms with E-state index in [0.717, 1.165) is 24.2 Å². The zero-order chi connectivity index (χ0) is 13.1. The molecule has 0 radical (unpaired) electrons. The van der Waals surface area contributed by atoms with E-state index in [1.807, 2.05) is 0 Å². The second-order valence-corrected chi connectivity index (χ2v) is 6.98. The van der Waals surface area contributed by atoms with Crippen LogP contribution in [0.3, 0.4) is 0 Å². The number of carbonyl (C=O) groups is 1. The Morgan fingerprint density at radius 1 is 1.17 bits per heavy atom. The van der Waals surface area contributed by atoms with Gasteiger partial charge in [-0.05, 0) is 49.4 Å². The molecule has 1 heteroatoms. The fourth-order valence-corrected chi connectivity index (χ4v) is 4.20. The van der Waals surface area contributed by atoms with Gasteiger partial charge in [-0.2, -0.15) is 0 Å². The third-order valence-corrected chi connectivity index (χ3v) is 5.65. The van der Waals surface area contributed by atoms with Crippen molar-refractivity contribution in [2.45, 2.75) is 72.1 Å². The Kier molecular flexibility index (Phi) is 4.86. The molecular formula is C17H30O. The van der Waals surface area contributed by atoms with Crippen LogP contribution in [0.5, 0.6) is 0 Å². The average molecular weight is 250 g/mol. The maximum absolute atomic E-state index is 12.5. The Hall–Kier alpha value is -0.330. The van der Waals surface area contributed by atoms with Crippen molar-refractivity contribution in [3.63, 3.8) is 0 Å². The Balaban J connectivity index is 1.82. The van der Waals surface area contributed by atoms with Crippen LogP contribution in [0.1, 0.15) is 72.1 Å². The summed E-state index contributed by atoms with van der Waals surface area (Å²) in [5.41, 5.74) is 0. The third kappa shape index (κ3) is 3.16. The van der Waals surface area contributed by atoms with Crippen LogP contribution < -0.4 is 0 Å². The SMILES string of the molecule is CCC(C)CC(CC)CC(=O)C1CC2CCC1C2. The molecule has 0 aromatic heterocycles. The highest BCUT2D eigenvalue weighted by molar-refractivity contribution is 5.82. The first-order valence-electron chi connectivity index (χ1n) is 8.16. The van der Waals surface area contributed by atoms with E-state index in [0.29, 0.717) is 17.6 Å². The van der Waals surface area contributed by atoms with Gasteiger partial charge in [0.1, 0.15) is 5.78 Å². The Morgan fingerprint density at radius 3 is 2.44 bits per heavy atom. The molecule has 0 saturated heterocycles. The molecule has 0 aliphatic heterocycles. The highest BCUT2D eigenvalue weighted by Gasteiger charge is 2.42. The minimum atomic E-state index is 0.453. The van der Waals surface area contributed by atoms with Crippen molar-refractivity contribution >= 4 is 5.78 Å². The lowest BCUT2D eigenvalue weighted by Gasteiger charge is -2.24. The van der Waals surface area contributed by atoms with Gasteiger partial charge >= 0.3 is 0 Å². The second kappa shape index (κ2) is 6.21. The van der Waals surface area contributed by atoms with E-state index in [1.54, 1.807) is 0 Å². The van der Waals surface area contributed by atoms with Crippen molar-refractivity contribution in [1.29, 1.82) is 0 Å². The average Bonchev–Trinajstić information content (AvgIpc) is 2.99. The highest BCUT2D eigenvalue weighted by Crippen LogP contribution is 2.49. The van der Waals surface area contributed by atoms with Crippen LogP contribution in [-0.4, -0.2) is 5.78 Å². The van der Waals surface area contributed by atoms with Crippen LogP contribution in [0.2, 0.25) is 0 Å². The number of fused-ring (bicyclic) bond motifs is 2. The van der Waals surface area contributed by atoms with E-state index in [9.17, 15) is 4.79 Å². The van der Waals surface area contributed by atoms with Crippen molar-refractivity contribution in [2.24, 2.45) is 29.6 Å². The van der Waals surface area contributed by atoms with E-state index >= 15 is 0 Å². The van der Waals surface area contributed by atoms with Crippen LogP contribution in [0.25, 0.3) is 0 Å². The first-order valence-corrected chi connectivity index (χ1v) is 8.16. The summed E-state index contributed by atoms with van der Waals surface area (Å²) in [6.45, 7) is 6.83. The summed E-state index contributed by atoms with van der Waals surface area (Å²) in [5, 5.41) is 0. The van der Waals surface area contributed by atoms with Crippen molar-refractivity contribution in [2.75, 3.05) is 0 Å². The van der Waals surface area contributed by atoms with Crippen molar-refractivity contribution < 1.29 is 4.79 Å². The largest absolute Gasteiger partial charge is 0.299 e. The Labute approximate surface area is 113 Å². The van der Waals surface area contributed by atoms with Gasteiger partial charge < -0.3 is 0 Å². The fraction of sp³-hybridized carbons (Fsp3) is 0.941. The van der Waals surface area contributed by atoms with Crippen LogP contribution in [0.15, 0.2) is 0 Å². The van der Waals surface area contributed by atoms with Gasteiger partial charge in [-0.15, -0.1) is 0 Å². The standard InChI is InChI=1S/C17H30O/c1-4-12(3)8-13(5-2)11-17(18)16-10-14-6-7-15(16)9-14/h12-16H,4-11H2,1-3H3. The van der Waals surface area contributed by atoms with Gasteiger partial charge in [0.25, 0.3) is 0 Å². The van der Waals surface area contributed by atoms with Crippen LogP contribution in [0, 0.1) is 29.6 Å². The molecule has 2 saturated carbocycles. The normalized spacial score (nSPS) is 33.6. The number of carbonyl (C=O) groups excluding carboxylic acids is 1. The molecular weight excluding hydrogens is 220 g/mol. The van der Waals surface area contributed by atoms with Crippen LogP contribution in [0.4, 0.5) is 0 Å². The van der Waals surface area contributed by atoms with Gasteiger partial charge in [-0.3, -0.25) is 4.79 Å². The van der Waals surface area contributed by atoms with Crippen molar-refractivity contribution in [3.05, 3.63) is 0 Å². The molecule has 2 rings (SSSR count). The molecule has 0 heterocycles. The maximum Gasteiger partial charge on any atom is 0.136 e. The fourth-order valence-electron chi connectivity index (χ4n) is 4.20. The van der Waals surface area contributed by atoms with Gasteiger partial charge in [0.15, 0.2) is 0 Å². The zero-order valence-electron chi connectivity index (χ0n) is 12.5. The molecule has 0 aromatic carbocycles. The van der Waals surface area contributed by atoms with Gasteiger partial charge in [-0.25, -0.2) is 0 Å². The quantitative estimate of drug-likeness (QED) is 0.631. The summed E-state index contributed by atoms with van der Waals surface area (Å²) < 4.78 is 0. The molecule has 0 aromatic rings. The van der Waals surface area contributed by atoms with Crippen molar-refractivity contribution in [1.82, 2.24) is 0 Å². The molecule has 18 heavy (non-hydrogen) atoms. The van der Waals surface area contributed by atoms with Crippen molar-refractivity contribution in [3.8, 4) is 0 Å². The topological polar surface area (TPSA) is 17.1 Å². The van der Waals surface area contributed by atoms with E-state index in [1.165, 1.54) is 44.9 Å². The summed E-state index contributed by atoms with van der Waals surface area (Å²) in [6, 6.07) is 0. The van der Waals surface area contributed by atoms with Gasteiger partial charge in [0.2, 0.25) is 0 Å². The lowest BCUT2D eigenvalue weighted by molar-refractivity contribution is -0.125. The molecule has 5 atom stereocenters. The summed E-state index contributed by atoms with van der Waals surface area (Å²) in [5.74, 6) is 4.16. The number of rotatable bonds is 7. The summed E-state index contributed by atoms with van der Waals surface area (Å²) in [4.78, 5) is 12.5. The van der Waals surface area contributed by atoms with Gasteiger partial charge in [0.05, 0.1) is 0 Å². The molecule has 0 N–H and O–H groups in total. The Bertz CT molecular complexity index is 283. The molecule has 2 aliphatic rings. The molecule has 2 bridgehead atoms. The van der Waals surface area contributed by atoms with E-state index < -0.39 is 0 Å². The lowest BCUT2D eigenvalue weighted by atomic mass is 9.80. The summed E-state index contributed by atoms with van der Waals surface area (Å²) >= 11 is 0. The minimum Gasteiger partial charge on any atom is -0.299 e. The minimum absolute atomic E-state index is 0.453. The van der Waals surface area contributed by atoms with Gasteiger partial charge in [-0.1, -0.05) is 40.0 Å². The van der Waals surface area contributed by atoms with Crippen LogP contribution in [-0.2, 0) is 4.79 Å². The monoisotopic (exact) mass is 250 g/mol. The summed E-state index contributed by atoms with van der Waals surface area (Å²) in [7, 11) is 0. The number of hydrogen-bond donors (Lipinski definition) is 0. The molecule has 1 nitrogen and oxygen atoms in total. The maximum atomic E-state index is 12.5. The van der Waals surface area contributed by atoms with E-state index in [4.69, 9.17) is 0 Å². The van der Waals surface area contributed by atoms with E-state index in [-0.39, 0.29) is 0 Å². The molecule has 0 spiro atoms. The predicted octanol–water partition coefficient (Wildman–Crippen LogP) is 4.84. The highest BCUT2D eigenvalue weighted by atomic mass is 16.1. The molecule has 2 aliphatic carbocycles. The number of hydrogen-bond acceptors (Lipinski definition) is 1. The summed E-state index contributed by atoms with van der Waals surface area (Å²) in [6.07, 6.45) is 9.87.